The van der Waals surface area contributed by atoms with Gasteiger partial charge >= 0.3 is 0 Å². The van der Waals surface area contributed by atoms with Crippen LogP contribution in [0.15, 0.2) is 29.6 Å². The minimum Gasteiger partial charge on any atom is -0.396 e. The first kappa shape index (κ1) is 11.2. The average molecular weight is 247 g/mol. The maximum atomic E-state index is 9.65. The molecule has 0 spiro atoms. The van der Waals surface area contributed by atoms with Crippen LogP contribution >= 0.6 is 11.3 Å². The van der Waals surface area contributed by atoms with Crippen LogP contribution in [0.25, 0.3) is 10.1 Å². The molecule has 1 atom stereocenters. The minimum atomic E-state index is 0.0594. The molecule has 0 saturated carbocycles. The molecule has 17 heavy (non-hydrogen) atoms. The smallest absolute Gasteiger partial charge is 0.0503 e. The van der Waals surface area contributed by atoms with Gasteiger partial charge in [0.1, 0.15) is 0 Å². The molecule has 2 nitrogen and oxygen atoms in total. The molecule has 1 unspecified atom stereocenters. The summed E-state index contributed by atoms with van der Waals surface area (Å²) < 4.78 is 1.35. The molecule has 0 radical (unpaired) electrons. The monoisotopic (exact) mass is 247 g/mol. The third kappa shape index (κ3) is 1.99. The second-order valence-corrected chi connectivity index (χ2v) is 5.93. The fraction of sp³-hybridized carbons (Fsp3) is 0.429. The Morgan fingerprint density at radius 2 is 2.24 bits per heavy atom. The molecule has 1 fully saturated rings. The summed E-state index contributed by atoms with van der Waals surface area (Å²) in [5, 5.41) is 16.6. The summed E-state index contributed by atoms with van der Waals surface area (Å²) in [6.45, 7) is 2.25. The maximum absolute atomic E-state index is 9.65. The van der Waals surface area contributed by atoms with Gasteiger partial charge < -0.3 is 10.4 Å². The molecule has 2 N–H and O–H groups in total. The van der Waals surface area contributed by atoms with Crippen molar-refractivity contribution in [3.8, 4) is 0 Å². The molecule has 90 valence electrons. The maximum Gasteiger partial charge on any atom is 0.0503 e. The highest BCUT2D eigenvalue weighted by atomic mass is 32.1. The number of rotatable bonds is 3. The van der Waals surface area contributed by atoms with Gasteiger partial charge in [-0.2, -0.15) is 0 Å². The van der Waals surface area contributed by atoms with E-state index in [1.165, 1.54) is 15.6 Å². The molecular formula is C14H17NOS. The second-order valence-electron chi connectivity index (χ2n) is 5.02. The predicted octanol–water partition coefficient (Wildman–Crippen LogP) is 2.42. The number of aliphatic hydroxyl groups is 1. The molecule has 1 aromatic heterocycles. The zero-order chi connectivity index (χ0) is 11.7. The van der Waals surface area contributed by atoms with Crippen molar-refractivity contribution in [2.24, 2.45) is 5.41 Å². The van der Waals surface area contributed by atoms with Crippen LogP contribution in [0.3, 0.4) is 0 Å². The Balaban J connectivity index is 1.94. The van der Waals surface area contributed by atoms with E-state index in [9.17, 15) is 5.11 Å². The summed E-state index contributed by atoms with van der Waals surface area (Å²) in [7, 11) is 0. The lowest BCUT2D eigenvalue weighted by atomic mass is 9.81. The summed E-state index contributed by atoms with van der Waals surface area (Å²) in [4.78, 5) is 0. The Kier molecular flexibility index (Phi) is 2.90. The SMILES string of the molecule is OCC1(Cc2csc3ccccc23)CCNC1. The van der Waals surface area contributed by atoms with Gasteiger partial charge in [-0.3, -0.25) is 0 Å². The van der Waals surface area contributed by atoms with Crippen LogP contribution < -0.4 is 5.32 Å². The van der Waals surface area contributed by atoms with Crippen LogP contribution in [0, 0.1) is 5.41 Å². The van der Waals surface area contributed by atoms with E-state index in [-0.39, 0.29) is 12.0 Å². The largest absolute Gasteiger partial charge is 0.396 e. The highest BCUT2D eigenvalue weighted by Gasteiger charge is 2.33. The van der Waals surface area contributed by atoms with Gasteiger partial charge in [-0.05, 0) is 41.8 Å². The minimum absolute atomic E-state index is 0.0594. The van der Waals surface area contributed by atoms with Crippen molar-refractivity contribution in [1.29, 1.82) is 0 Å². The molecule has 1 aliphatic rings. The number of thiophene rings is 1. The Labute approximate surface area is 105 Å². The van der Waals surface area contributed by atoms with Gasteiger partial charge in [-0.25, -0.2) is 0 Å². The van der Waals surface area contributed by atoms with Gasteiger partial charge in [0.15, 0.2) is 0 Å². The lowest BCUT2D eigenvalue weighted by molar-refractivity contribution is 0.143. The molecule has 0 aliphatic carbocycles. The molecule has 2 aromatic rings. The topological polar surface area (TPSA) is 32.3 Å². The predicted molar refractivity (Wildman–Crippen MR) is 72.5 cm³/mol. The summed E-state index contributed by atoms with van der Waals surface area (Å²) in [6, 6.07) is 8.54. The van der Waals surface area contributed by atoms with E-state index in [4.69, 9.17) is 0 Å². The summed E-state index contributed by atoms with van der Waals surface area (Å²) in [5.74, 6) is 0. The highest BCUT2D eigenvalue weighted by molar-refractivity contribution is 7.17. The van der Waals surface area contributed by atoms with Gasteiger partial charge in [0.25, 0.3) is 0 Å². The molecule has 1 aliphatic heterocycles. The normalized spacial score (nSPS) is 24.5. The molecular weight excluding hydrogens is 230 g/mol. The molecule has 0 amide bonds. The molecule has 3 rings (SSSR count). The highest BCUT2D eigenvalue weighted by Crippen LogP contribution is 2.34. The molecule has 0 bridgehead atoms. The fourth-order valence-electron chi connectivity index (χ4n) is 2.71. The van der Waals surface area contributed by atoms with E-state index in [0.717, 1.165) is 25.9 Å². The first-order valence-corrected chi connectivity index (χ1v) is 6.98. The van der Waals surface area contributed by atoms with Crippen molar-refractivity contribution in [3.63, 3.8) is 0 Å². The Hall–Kier alpha value is -0.900. The number of fused-ring (bicyclic) bond motifs is 1. The van der Waals surface area contributed by atoms with Crippen LogP contribution in [0.2, 0.25) is 0 Å². The zero-order valence-corrected chi connectivity index (χ0v) is 10.6. The van der Waals surface area contributed by atoms with Gasteiger partial charge in [0.05, 0.1) is 6.61 Å². The van der Waals surface area contributed by atoms with E-state index in [2.05, 4.69) is 35.0 Å². The third-order valence-electron chi connectivity index (χ3n) is 3.79. The lowest BCUT2D eigenvalue weighted by Crippen LogP contribution is -2.30. The zero-order valence-electron chi connectivity index (χ0n) is 9.78. The van der Waals surface area contributed by atoms with Crippen molar-refractivity contribution in [1.82, 2.24) is 5.32 Å². The quantitative estimate of drug-likeness (QED) is 0.873. The van der Waals surface area contributed by atoms with E-state index in [1.54, 1.807) is 11.3 Å². The number of hydrogen-bond donors (Lipinski definition) is 2. The van der Waals surface area contributed by atoms with Crippen molar-refractivity contribution >= 4 is 21.4 Å². The first-order chi connectivity index (χ1) is 8.33. The van der Waals surface area contributed by atoms with Crippen LogP contribution in [-0.4, -0.2) is 24.8 Å². The molecule has 2 heterocycles. The van der Waals surface area contributed by atoms with Crippen LogP contribution in [0.1, 0.15) is 12.0 Å². The Morgan fingerprint density at radius 1 is 1.35 bits per heavy atom. The molecule has 1 aromatic carbocycles. The number of nitrogens with one attached hydrogen (secondary N) is 1. The van der Waals surface area contributed by atoms with E-state index in [0.29, 0.717) is 0 Å². The van der Waals surface area contributed by atoms with Crippen molar-refractivity contribution in [3.05, 3.63) is 35.2 Å². The summed E-state index contributed by atoms with van der Waals surface area (Å²) >= 11 is 1.80. The van der Waals surface area contributed by atoms with Gasteiger partial charge in [0, 0.05) is 16.7 Å². The van der Waals surface area contributed by atoms with E-state index < -0.39 is 0 Å². The Morgan fingerprint density at radius 3 is 3.00 bits per heavy atom. The molecule has 3 heteroatoms. The Bertz CT molecular complexity index is 514. The molecule has 1 saturated heterocycles. The lowest BCUT2D eigenvalue weighted by Gasteiger charge is -2.25. The van der Waals surface area contributed by atoms with E-state index >= 15 is 0 Å². The van der Waals surface area contributed by atoms with Crippen LogP contribution in [0.5, 0.6) is 0 Å². The summed E-state index contributed by atoms with van der Waals surface area (Å²) in [5.41, 5.74) is 1.45. The van der Waals surface area contributed by atoms with Crippen LogP contribution in [0.4, 0.5) is 0 Å². The van der Waals surface area contributed by atoms with Crippen molar-refractivity contribution in [2.45, 2.75) is 12.8 Å². The number of benzene rings is 1. The average Bonchev–Trinajstić information content (AvgIpc) is 2.99. The van der Waals surface area contributed by atoms with Crippen LogP contribution in [-0.2, 0) is 6.42 Å². The third-order valence-corrected chi connectivity index (χ3v) is 4.81. The van der Waals surface area contributed by atoms with Gasteiger partial charge in [-0.1, -0.05) is 18.2 Å². The van der Waals surface area contributed by atoms with Gasteiger partial charge in [0.2, 0.25) is 0 Å². The van der Waals surface area contributed by atoms with Crippen molar-refractivity contribution in [2.75, 3.05) is 19.7 Å². The standard InChI is InChI=1S/C14H17NOS/c16-10-14(5-6-15-9-14)7-11-8-17-13-4-2-1-3-12(11)13/h1-4,8,15-16H,5-7,9-10H2. The second kappa shape index (κ2) is 4.41. The van der Waals surface area contributed by atoms with E-state index in [1.807, 2.05) is 0 Å². The van der Waals surface area contributed by atoms with Gasteiger partial charge in [-0.15, -0.1) is 11.3 Å². The number of aliphatic hydroxyl groups excluding tert-OH is 1. The van der Waals surface area contributed by atoms with Crippen molar-refractivity contribution < 1.29 is 5.11 Å². The number of hydrogen-bond acceptors (Lipinski definition) is 3. The summed E-state index contributed by atoms with van der Waals surface area (Å²) in [6.07, 6.45) is 2.06. The first-order valence-electron chi connectivity index (χ1n) is 6.10. The fourth-order valence-corrected chi connectivity index (χ4v) is 3.67.